The third kappa shape index (κ3) is 2.39. The summed E-state index contributed by atoms with van der Waals surface area (Å²) in [6.45, 7) is 1.66. The number of para-hydroxylation sites is 1. The van der Waals surface area contributed by atoms with E-state index < -0.39 is 0 Å². The highest BCUT2D eigenvalue weighted by atomic mass is 16.5. The van der Waals surface area contributed by atoms with E-state index in [1.165, 1.54) is 12.5 Å². The van der Waals surface area contributed by atoms with Crippen LogP contribution in [0.5, 0.6) is 0 Å². The van der Waals surface area contributed by atoms with E-state index in [-0.39, 0.29) is 18.1 Å². The fraction of sp³-hybridized carbons (Fsp3) is 0.438. The Bertz CT molecular complexity index is 724. The monoisotopic (exact) mass is 298 g/mol. The van der Waals surface area contributed by atoms with Gasteiger partial charge in [0.15, 0.2) is 0 Å². The van der Waals surface area contributed by atoms with Gasteiger partial charge in [0.1, 0.15) is 11.6 Å². The van der Waals surface area contributed by atoms with E-state index in [9.17, 15) is 4.79 Å². The van der Waals surface area contributed by atoms with Gasteiger partial charge >= 0.3 is 5.97 Å². The highest BCUT2D eigenvalue weighted by Crippen LogP contribution is 2.25. The number of fused-ring (bicyclic) bond motifs is 1. The van der Waals surface area contributed by atoms with E-state index in [0.717, 1.165) is 30.4 Å². The third-order valence-corrected chi connectivity index (χ3v) is 4.45. The van der Waals surface area contributed by atoms with Crippen LogP contribution in [0, 0.1) is 0 Å². The van der Waals surface area contributed by atoms with Gasteiger partial charge in [-0.25, -0.2) is 9.48 Å². The minimum atomic E-state index is -0.235. The number of piperidine rings is 1. The summed E-state index contributed by atoms with van der Waals surface area (Å²) in [6.07, 6.45) is 6.64. The Labute approximate surface area is 128 Å². The molecule has 0 saturated carbocycles. The van der Waals surface area contributed by atoms with Gasteiger partial charge in [-0.3, -0.25) is 4.90 Å². The van der Waals surface area contributed by atoms with Crippen LogP contribution in [-0.2, 0) is 16.2 Å². The second kappa shape index (κ2) is 5.53. The number of aromatic nitrogens is 3. The Hall–Kier alpha value is -2.21. The number of cyclic esters (lactones) is 1. The molecular weight excluding hydrogens is 280 g/mol. The summed E-state index contributed by atoms with van der Waals surface area (Å²) in [5, 5.41) is 8.47. The summed E-state index contributed by atoms with van der Waals surface area (Å²) < 4.78 is 7.33. The fourth-order valence-corrected chi connectivity index (χ4v) is 3.35. The first-order valence-corrected chi connectivity index (χ1v) is 7.72. The molecule has 0 unspecified atom stereocenters. The number of hydrogen-bond donors (Lipinski definition) is 0. The zero-order valence-corrected chi connectivity index (χ0v) is 12.3. The van der Waals surface area contributed by atoms with E-state index in [1.54, 1.807) is 0 Å². The van der Waals surface area contributed by atoms with Gasteiger partial charge in [-0.2, -0.15) is 0 Å². The van der Waals surface area contributed by atoms with Crippen LogP contribution in [0.3, 0.4) is 0 Å². The zero-order chi connectivity index (χ0) is 14.9. The van der Waals surface area contributed by atoms with Gasteiger partial charge in [-0.1, -0.05) is 23.8 Å². The molecule has 114 valence electrons. The van der Waals surface area contributed by atoms with E-state index in [4.69, 9.17) is 4.74 Å². The fourth-order valence-electron chi connectivity index (χ4n) is 3.35. The van der Waals surface area contributed by atoms with Crippen LogP contribution < -0.4 is 0 Å². The minimum absolute atomic E-state index is 0.136. The largest absolute Gasteiger partial charge is 0.453 e. The Morgan fingerprint density at radius 2 is 2.18 bits per heavy atom. The molecule has 2 aromatic rings. The lowest BCUT2D eigenvalue weighted by Gasteiger charge is -2.37. The summed E-state index contributed by atoms with van der Waals surface area (Å²) in [5.41, 5.74) is 1.94. The number of likely N-dealkylation sites (tertiary alicyclic amines) is 1. The van der Waals surface area contributed by atoms with Crippen LogP contribution in [-0.4, -0.2) is 44.6 Å². The Balaban J connectivity index is 1.57. The van der Waals surface area contributed by atoms with Gasteiger partial charge in [-0.15, -0.1) is 5.10 Å². The van der Waals surface area contributed by atoms with Crippen molar-refractivity contribution in [3.8, 4) is 0 Å². The van der Waals surface area contributed by atoms with Crippen LogP contribution >= 0.6 is 0 Å². The summed E-state index contributed by atoms with van der Waals surface area (Å²) in [6, 6.07) is 8.18. The number of hydrogen-bond acceptors (Lipinski definition) is 5. The van der Waals surface area contributed by atoms with Crippen molar-refractivity contribution in [1.29, 1.82) is 0 Å². The van der Waals surface area contributed by atoms with Crippen molar-refractivity contribution >= 4 is 17.0 Å². The molecule has 2 aliphatic rings. The van der Waals surface area contributed by atoms with Gasteiger partial charge < -0.3 is 4.74 Å². The topological polar surface area (TPSA) is 60.2 Å². The van der Waals surface area contributed by atoms with Crippen LogP contribution in [0.25, 0.3) is 11.0 Å². The maximum atomic E-state index is 11.3. The molecule has 6 nitrogen and oxygen atoms in total. The van der Waals surface area contributed by atoms with Crippen molar-refractivity contribution in [2.75, 3.05) is 6.54 Å². The van der Waals surface area contributed by atoms with Gasteiger partial charge in [0.25, 0.3) is 0 Å². The molecule has 0 N–H and O–H groups in total. The lowest BCUT2D eigenvalue weighted by atomic mass is 9.98. The van der Waals surface area contributed by atoms with Gasteiger partial charge in [0, 0.05) is 12.6 Å². The van der Waals surface area contributed by atoms with E-state index in [1.807, 2.05) is 35.0 Å². The van der Waals surface area contributed by atoms with Crippen molar-refractivity contribution in [3.63, 3.8) is 0 Å². The first kappa shape index (κ1) is 13.5. The quantitative estimate of drug-likeness (QED) is 0.808. The molecule has 6 heteroatoms. The number of carbonyl (C=O) groups is 1. The Kier molecular flexibility index (Phi) is 3.38. The van der Waals surface area contributed by atoms with Gasteiger partial charge in [-0.05, 0) is 31.1 Å². The number of nitrogens with zero attached hydrogens (tertiary/aromatic N) is 4. The molecular formula is C16H18N4O2. The van der Waals surface area contributed by atoms with Crippen LogP contribution in [0.1, 0.15) is 19.3 Å². The Morgan fingerprint density at radius 1 is 1.27 bits per heavy atom. The third-order valence-electron chi connectivity index (χ3n) is 4.45. The Morgan fingerprint density at radius 3 is 3.05 bits per heavy atom. The number of rotatable bonds is 3. The molecule has 0 aliphatic carbocycles. The molecule has 3 heterocycles. The van der Waals surface area contributed by atoms with Crippen LogP contribution in [0.4, 0.5) is 0 Å². The van der Waals surface area contributed by atoms with Gasteiger partial charge in [0.2, 0.25) is 0 Å². The average Bonchev–Trinajstić information content (AvgIpc) is 3.15. The molecule has 2 atom stereocenters. The highest BCUT2D eigenvalue weighted by Gasteiger charge is 2.33. The highest BCUT2D eigenvalue weighted by molar-refractivity contribution is 5.84. The van der Waals surface area contributed by atoms with Crippen LogP contribution in [0.15, 0.2) is 36.4 Å². The first-order valence-electron chi connectivity index (χ1n) is 7.72. The molecule has 0 spiro atoms. The maximum Gasteiger partial charge on any atom is 0.331 e. The molecule has 4 rings (SSSR count). The second-order valence-corrected chi connectivity index (χ2v) is 5.86. The van der Waals surface area contributed by atoms with Crippen LogP contribution in [0.2, 0.25) is 0 Å². The predicted octanol–water partition coefficient (Wildman–Crippen LogP) is 1.72. The molecule has 1 aromatic heterocycles. The average molecular weight is 298 g/mol. The number of carbonyl (C=O) groups excluding carboxylic acids is 1. The molecule has 0 radical (unpaired) electrons. The predicted molar refractivity (Wildman–Crippen MR) is 80.9 cm³/mol. The molecule has 1 saturated heterocycles. The van der Waals surface area contributed by atoms with E-state index in [0.29, 0.717) is 6.67 Å². The summed E-state index contributed by atoms with van der Waals surface area (Å²) in [4.78, 5) is 13.7. The van der Waals surface area contributed by atoms with Gasteiger partial charge in [0.05, 0.1) is 18.2 Å². The molecule has 1 fully saturated rings. The summed E-state index contributed by atoms with van der Waals surface area (Å²) in [5.74, 6) is -0.235. The van der Waals surface area contributed by atoms with Crippen molar-refractivity contribution in [2.24, 2.45) is 0 Å². The first-order chi connectivity index (χ1) is 10.8. The normalized spacial score (nSPS) is 25.7. The smallest absolute Gasteiger partial charge is 0.331 e. The number of benzene rings is 1. The second-order valence-electron chi connectivity index (χ2n) is 5.86. The maximum absolute atomic E-state index is 11.3. The van der Waals surface area contributed by atoms with Crippen molar-refractivity contribution in [2.45, 2.75) is 38.1 Å². The van der Waals surface area contributed by atoms with E-state index >= 15 is 0 Å². The zero-order valence-electron chi connectivity index (χ0n) is 12.3. The lowest BCUT2D eigenvalue weighted by Crippen LogP contribution is -2.47. The number of ether oxygens (including phenoxy) is 1. The minimum Gasteiger partial charge on any atom is -0.453 e. The summed E-state index contributed by atoms with van der Waals surface area (Å²) in [7, 11) is 0. The van der Waals surface area contributed by atoms with Crippen molar-refractivity contribution in [3.05, 3.63) is 36.4 Å². The number of esters is 1. The summed E-state index contributed by atoms with van der Waals surface area (Å²) >= 11 is 0. The lowest BCUT2D eigenvalue weighted by molar-refractivity contribution is -0.142. The van der Waals surface area contributed by atoms with E-state index in [2.05, 4.69) is 15.2 Å². The van der Waals surface area contributed by atoms with Crippen molar-refractivity contribution in [1.82, 2.24) is 19.9 Å². The molecule has 22 heavy (non-hydrogen) atoms. The SMILES string of the molecule is O=C1C=C[C@H]([C@@H]2CCCCN2Cn2nnc3ccccc32)O1. The van der Waals surface area contributed by atoms with Crippen molar-refractivity contribution < 1.29 is 9.53 Å². The standard InChI is InChI=1S/C16H18N4O2/c21-16-9-8-15(22-16)14-7-3-4-10-19(14)11-20-13-6-2-1-5-12(13)17-18-20/h1-2,5-6,8-9,14-15H,3-4,7,10-11H2/t14-,15+/m0/s1. The molecule has 1 aromatic carbocycles. The molecule has 2 aliphatic heterocycles. The molecule has 0 bridgehead atoms. The molecule has 0 amide bonds.